The van der Waals surface area contributed by atoms with Crippen LogP contribution in [0.5, 0.6) is 0 Å². The Balaban J connectivity index is 1.54. The topological polar surface area (TPSA) is 126 Å². The molecule has 1 unspecified atom stereocenters. The minimum atomic E-state index is -1.41. The van der Waals surface area contributed by atoms with Crippen molar-refractivity contribution in [2.75, 3.05) is 13.2 Å². The molecule has 140 valence electrons. The van der Waals surface area contributed by atoms with Gasteiger partial charge < -0.3 is 34.6 Å². The highest BCUT2D eigenvalue weighted by atomic mass is 16.7. The maximum Gasteiger partial charge on any atom is 0.306 e. The minimum Gasteiger partial charge on any atom is -0.462 e. The van der Waals surface area contributed by atoms with E-state index >= 15 is 0 Å². The predicted molar refractivity (Wildman–Crippen MR) is 81.9 cm³/mol. The number of carbonyl (C=O) groups excluding carboxylic acids is 1. The van der Waals surface area contributed by atoms with E-state index in [1.807, 2.05) is 0 Å². The molecule has 0 aromatic rings. The summed E-state index contributed by atoms with van der Waals surface area (Å²) in [6.07, 6.45) is -0.148. The first-order valence-electron chi connectivity index (χ1n) is 8.64. The number of ether oxygens (including phenoxy) is 3. The van der Waals surface area contributed by atoms with Gasteiger partial charge in [0.25, 0.3) is 0 Å². The second-order valence-electron chi connectivity index (χ2n) is 6.42. The summed E-state index contributed by atoms with van der Waals surface area (Å²) in [5, 5.41) is 38.2. The van der Waals surface area contributed by atoms with Crippen LogP contribution in [0.3, 0.4) is 0 Å². The van der Waals surface area contributed by atoms with Crippen LogP contribution >= 0.6 is 0 Å². The van der Waals surface area contributed by atoms with Crippen molar-refractivity contribution in [3.8, 4) is 0 Å². The zero-order chi connectivity index (χ0) is 17.5. The Kier molecular flexibility index (Phi) is 7.86. The van der Waals surface area contributed by atoms with Crippen LogP contribution in [-0.2, 0) is 19.0 Å². The van der Waals surface area contributed by atoms with Gasteiger partial charge in [-0.15, -0.1) is 0 Å². The quantitative estimate of drug-likeness (QED) is 0.323. The summed E-state index contributed by atoms with van der Waals surface area (Å²) in [7, 11) is 0. The highest BCUT2D eigenvalue weighted by Crippen LogP contribution is 2.22. The average molecular weight is 348 g/mol. The van der Waals surface area contributed by atoms with Crippen molar-refractivity contribution < 1.29 is 39.4 Å². The number of esters is 1. The Morgan fingerprint density at radius 1 is 1.04 bits per heavy atom. The molecule has 2 saturated heterocycles. The summed E-state index contributed by atoms with van der Waals surface area (Å²) in [6.45, 7) is -0.113. The Hall–Kier alpha value is -0.770. The van der Waals surface area contributed by atoms with Crippen molar-refractivity contribution in [3.05, 3.63) is 0 Å². The van der Waals surface area contributed by atoms with Gasteiger partial charge in [0.05, 0.1) is 6.61 Å². The van der Waals surface area contributed by atoms with Gasteiger partial charge in [0.2, 0.25) is 0 Å². The minimum absolute atomic E-state index is 0.0721. The molecule has 2 aliphatic heterocycles. The number of hydrogen-bond donors (Lipinski definition) is 4. The zero-order valence-corrected chi connectivity index (χ0v) is 13.7. The maximum absolute atomic E-state index is 11.0. The number of aliphatic hydroxyl groups excluding tert-OH is 4. The van der Waals surface area contributed by atoms with Gasteiger partial charge in [-0.2, -0.15) is 0 Å². The fourth-order valence-corrected chi connectivity index (χ4v) is 3.02. The van der Waals surface area contributed by atoms with Crippen LogP contribution in [0.2, 0.25) is 0 Å². The Labute approximate surface area is 141 Å². The third kappa shape index (κ3) is 5.37. The van der Waals surface area contributed by atoms with E-state index in [2.05, 4.69) is 0 Å². The summed E-state index contributed by atoms with van der Waals surface area (Å²) < 4.78 is 15.8. The van der Waals surface area contributed by atoms with Gasteiger partial charge in [-0.05, 0) is 25.7 Å². The smallest absolute Gasteiger partial charge is 0.306 e. The molecule has 6 atom stereocenters. The molecule has 2 aliphatic rings. The van der Waals surface area contributed by atoms with Crippen molar-refractivity contribution in [2.45, 2.75) is 81.8 Å². The lowest BCUT2D eigenvalue weighted by Crippen LogP contribution is -2.59. The second kappa shape index (κ2) is 9.65. The number of hydrogen-bond acceptors (Lipinski definition) is 8. The van der Waals surface area contributed by atoms with E-state index < -0.39 is 37.3 Å². The SMILES string of the molecule is O=C1CCC(CCCCCCO[C@@H]2O[C@H](CO)[C@@H](O)[C@H](O)[C@H]2O)O1. The third-order valence-electron chi connectivity index (χ3n) is 4.52. The number of cyclic esters (lactones) is 1. The molecular formula is C16H28O8. The van der Waals surface area contributed by atoms with E-state index in [4.69, 9.17) is 19.3 Å². The van der Waals surface area contributed by atoms with Crippen molar-refractivity contribution in [1.82, 2.24) is 0 Å². The van der Waals surface area contributed by atoms with Crippen molar-refractivity contribution in [3.63, 3.8) is 0 Å². The molecule has 0 saturated carbocycles. The highest BCUT2D eigenvalue weighted by molar-refractivity contribution is 5.71. The summed E-state index contributed by atoms with van der Waals surface area (Å²) in [5.41, 5.74) is 0. The van der Waals surface area contributed by atoms with E-state index in [-0.39, 0.29) is 12.1 Å². The molecule has 2 heterocycles. The number of unbranched alkanes of at least 4 members (excludes halogenated alkanes) is 3. The summed E-state index contributed by atoms with van der Waals surface area (Å²) >= 11 is 0. The van der Waals surface area contributed by atoms with E-state index in [9.17, 15) is 20.1 Å². The molecule has 2 fully saturated rings. The Morgan fingerprint density at radius 2 is 1.79 bits per heavy atom. The molecule has 8 heteroatoms. The van der Waals surface area contributed by atoms with Gasteiger partial charge >= 0.3 is 5.97 Å². The van der Waals surface area contributed by atoms with Crippen LogP contribution in [0.15, 0.2) is 0 Å². The molecule has 4 N–H and O–H groups in total. The fourth-order valence-electron chi connectivity index (χ4n) is 3.02. The van der Waals surface area contributed by atoms with Gasteiger partial charge in [-0.25, -0.2) is 0 Å². The van der Waals surface area contributed by atoms with Gasteiger partial charge in [0.1, 0.15) is 30.5 Å². The van der Waals surface area contributed by atoms with Crippen LogP contribution < -0.4 is 0 Å². The van der Waals surface area contributed by atoms with Crippen molar-refractivity contribution >= 4 is 5.97 Å². The van der Waals surface area contributed by atoms with Crippen LogP contribution in [0.4, 0.5) is 0 Å². The number of carbonyl (C=O) groups is 1. The van der Waals surface area contributed by atoms with Gasteiger partial charge in [0.15, 0.2) is 6.29 Å². The van der Waals surface area contributed by atoms with Crippen molar-refractivity contribution in [1.29, 1.82) is 0 Å². The lowest BCUT2D eigenvalue weighted by atomic mass is 9.99. The molecule has 0 aliphatic carbocycles. The standard InChI is InChI=1S/C16H28O8/c17-9-11-13(19)14(20)15(21)16(24-11)22-8-4-2-1-3-5-10-6-7-12(18)23-10/h10-11,13-17,19-21H,1-9H2/t10?,11-,13-,14+,15-,16-/m1/s1. The first kappa shape index (κ1) is 19.6. The van der Waals surface area contributed by atoms with Crippen LogP contribution in [0.1, 0.15) is 44.9 Å². The van der Waals surface area contributed by atoms with Gasteiger partial charge in [-0.1, -0.05) is 12.8 Å². The largest absolute Gasteiger partial charge is 0.462 e. The lowest BCUT2D eigenvalue weighted by Gasteiger charge is -2.39. The van der Waals surface area contributed by atoms with Gasteiger partial charge in [0, 0.05) is 13.0 Å². The first-order chi connectivity index (χ1) is 11.5. The zero-order valence-electron chi connectivity index (χ0n) is 13.7. The second-order valence-corrected chi connectivity index (χ2v) is 6.42. The summed E-state index contributed by atoms with van der Waals surface area (Å²) in [6, 6.07) is 0. The molecule has 0 amide bonds. The number of rotatable bonds is 9. The molecule has 2 rings (SSSR count). The van der Waals surface area contributed by atoms with E-state index in [1.165, 1.54) is 0 Å². The lowest BCUT2D eigenvalue weighted by molar-refractivity contribution is -0.301. The molecule has 0 aromatic heterocycles. The molecule has 8 nitrogen and oxygen atoms in total. The molecule has 0 bridgehead atoms. The maximum atomic E-state index is 11.0. The molecule has 0 radical (unpaired) electrons. The highest BCUT2D eigenvalue weighted by Gasteiger charge is 2.43. The fraction of sp³-hybridized carbons (Fsp3) is 0.938. The molecular weight excluding hydrogens is 320 g/mol. The summed E-state index contributed by atoms with van der Waals surface area (Å²) in [5.74, 6) is -0.104. The van der Waals surface area contributed by atoms with Crippen LogP contribution in [-0.4, -0.2) is 76.4 Å². The van der Waals surface area contributed by atoms with Gasteiger partial charge in [-0.3, -0.25) is 4.79 Å². The number of aliphatic hydroxyl groups is 4. The molecule has 24 heavy (non-hydrogen) atoms. The van der Waals surface area contributed by atoms with Crippen LogP contribution in [0, 0.1) is 0 Å². The van der Waals surface area contributed by atoms with E-state index in [0.29, 0.717) is 13.0 Å². The molecule has 0 aromatic carbocycles. The normalized spacial score (nSPS) is 36.8. The Morgan fingerprint density at radius 3 is 2.46 bits per heavy atom. The monoisotopic (exact) mass is 348 g/mol. The van der Waals surface area contributed by atoms with Crippen LogP contribution in [0.25, 0.3) is 0 Å². The third-order valence-corrected chi connectivity index (χ3v) is 4.52. The van der Waals surface area contributed by atoms with E-state index in [0.717, 1.165) is 38.5 Å². The molecule has 0 spiro atoms. The first-order valence-corrected chi connectivity index (χ1v) is 8.64. The summed E-state index contributed by atoms with van der Waals surface area (Å²) in [4.78, 5) is 11.0. The Bertz CT molecular complexity index is 388. The van der Waals surface area contributed by atoms with Crippen molar-refractivity contribution in [2.24, 2.45) is 0 Å². The van der Waals surface area contributed by atoms with E-state index in [1.54, 1.807) is 0 Å². The predicted octanol–water partition coefficient (Wildman–Crippen LogP) is -0.541. The average Bonchev–Trinajstić information content (AvgIpc) is 2.99.